The van der Waals surface area contributed by atoms with Gasteiger partial charge in [-0.2, -0.15) is 5.26 Å². The summed E-state index contributed by atoms with van der Waals surface area (Å²) in [5.41, 5.74) is 2.15. The van der Waals surface area contributed by atoms with Gasteiger partial charge in [-0.3, -0.25) is 4.79 Å². The monoisotopic (exact) mass is 448 g/mol. The third-order valence-corrected chi connectivity index (χ3v) is 5.12. The summed E-state index contributed by atoms with van der Waals surface area (Å²) in [6, 6.07) is 16.2. The summed E-state index contributed by atoms with van der Waals surface area (Å²) in [7, 11) is 0. The Hall–Kier alpha value is -3.83. The highest BCUT2D eigenvalue weighted by Gasteiger charge is 2.17. The third kappa shape index (κ3) is 6.57. The van der Waals surface area contributed by atoms with Crippen LogP contribution in [0.5, 0.6) is 0 Å². The highest BCUT2D eigenvalue weighted by atomic mass is 16.5. The van der Waals surface area contributed by atoms with E-state index in [1.54, 1.807) is 24.3 Å². The van der Waals surface area contributed by atoms with Crippen LogP contribution < -0.4 is 15.5 Å². The number of hydrogen-bond donors (Lipinski definition) is 2. The van der Waals surface area contributed by atoms with Crippen molar-refractivity contribution in [1.29, 1.82) is 5.26 Å². The normalized spacial score (nSPS) is 13.7. The van der Waals surface area contributed by atoms with Crippen LogP contribution in [0.4, 0.5) is 17.1 Å². The Morgan fingerprint density at radius 2 is 1.82 bits per heavy atom. The molecule has 1 fully saturated rings. The number of nitriles is 1. The molecule has 2 aromatic rings. The number of para-hydroxylation sites is 3. The lowest BCUT2D eigenvalue weighted by Gasteiger charge is -2.30. The quantitative estimate of drug-likeness (QED) is 0.259. The number of nitrogens with one attached hydrogen (secondary N) is 2. The van der Waals surface area contributed by atoms with Gasteiger partial charge in [-0.1, -0.05) is 37.6 Å². The Balaban J connectivity index is 1.72. The molecule has 33 heavy (non-hydrogen) atoms. The number of rotatable bonds is 9. The molecule has 0 spiro atoms. The fourth-order valence-electron chi connectivity index (χ4n) is 3.32. The topological polar surface area (TPSA) is 104 Å². The van der Waals surface area contributed by atoms with Gasteiger partial charge >= 0.3 is 5.97 Å². The number of esters is 1. The van der Waals surface area contributed by atoms with E-state index in [1.165, 1.54) is 6.20 Å². The van der Waals surface area contributed by atoms with Crippen LogP contribution in [0.15, 0.2) is 60.3 Å². The van der Waals surface area contributed by atoms with Crippen molar-refractivity contribution in [1.82, 2.24) is 0 Å². The van der Waals surface area contributed by atoms with E-state index in [2.05, 4.69) is 15.5 Å². The second-order valence-electron chi connectivity index (χ2n) is 7.42. The largest absolute Gasteiger partial charge is 0.462 e. The lowest BCUT2D eigenvalue weighted by molar-refractivity contribution is -0.112. The number of unbranched alkanes of at least 4 members (excludes halogenated alkanes) is 1. The minimum atomic E-state index is -0.623. The van der Waals surface area contributed by atoms with Crippen molar-refractivity contribution >= 4 is 28.9 Å². The van der Waals surface area contributed by atoms with Gasteiger partial charge < -0.3 is 25.0 Å². The van der Waals surface area contributed by atoms with Crippen LogP contribution in [0.25, 0.3) is 0 Å². The van der Waals surface area contributed by atoms with Gasteiger partial charge in [0.1, 0.15) is 11.6 Å². The Labute approximate surface area is 193 Å². The Kier molecular flexibility index (Phi) is 8.86. The van der Waals surface area contributed by atoms with Crippen molar-refractivity contribution in [3.8, 4) is 6.07 Å². The predicted octanol–water partition coefficient (Wildman–Crippen LogP) is 3.94. The summed E-state index contributed by atoms with van der Waals surface area (Å²) in [6.45, 7) is 5.14. The van der Waals surface area contributed by atoms with E-state index in [9.17, 15) is 14.9 Å². The van der Waals surface area contributed by atoms with E-state index in [0.29, 0.717) is 25.5 Å². The summed E-state index contributed by atoms with van der Waals surface area (Å²) in [4.78, 5) is 27.3. The van der Waals surface area contributed by atoms with Crippen molar-refractivity contribution in [3.63, 3.8) is 0 Å². The number of carbonyl (C=O) groups excluding carboxylic acids is 2. The first-order valence-electron chi connectivity index (χ1n) is 11.0. The number of nitrogens with zero attached hydrogens (tertiary/aromatic N) is 2. The molecule has 2 N–H and O–H groups in total. The molecule has 0 saturated carbocycles. The maximum absolute atomic E-state index is 12.8. The molecule has 0 aliphatic carbocycles. The highest BCUT2D eigenvalue weighted by Crippen LogP contribution is 2.26. The fraction of sp³-hybridized carbons (Fsp3) is 0.320. The molecule has 8 heteroatoms. The Bertz CT molecular complexity index is 1040. The molecule has 0 aromatic heterocycles. The van der Waals surface area contributed by atoms with E-state index < -0.39 is 11.9 Å². The molecule has 172 valence electrons. The number of hydrogen-bond acceptors (Lipinski definition) is 7. The predicted molar refractivity (Wildman–Crippen MR) is 127 cm³/mol. The molecule has 0 atom stereocenters. The standard InChI is InChI=1S/C25H28N4O4/c1-2-3-14-33-25(31)20-8-4-5-9-21(20)28-24(30)19(17-26)18-27-22-10-6-7-11-23(22)29-12-15-32-16-13-29/h4-11,18,27H,2-3,12-16H2,1H3,(H,28,30)/b19-18-. The molecule has 1 saturated heterocycles. The van der Waals surface area contributed by atoms with Crippen LogP contribution in [0, 0.1) is 11.3 Å². The van der Waals surface area contributed by atoms with Crippen LogP contribution >= 0.6 is 0 Å². The maximum Gasteiger partial charge on any atom is 0.340 e. The zero-order valence-electron chi connectivity index (χ0n) is 18.7. The van der Waals surface area contributed by atoms with Crippen LogP contribution in [0.3, 0.4) is 0 Å². The number of ether oxygens (including phenoxy) is 2. The number of anilines is 3. The van der Waals surface area contributed by atoms with Gasteiger partial charge in [0.2, 0.25) is 0 Å². The maximum atomic E-state index is 12.8. The summed E-state index contributed by atoms with van der Waals surface area (Å²) in [6.07, 6.45) is 3.04. The van der Waals surface area contributed by atoms with Gasteiger partial charge in [-0.15, -0.1) is 0 Å². The Morgan fingerprint density at radius 3 is 2.55 bits per heavy atom. The molecular weight excluding hydrogens is 420 g/mol. The van der Waals surface area contributed by atoms with Crippen LogP contribution in [0.2, 0.25) is 0 Å². The molecule has 1 aliphatic rings. The summed E-state index contributed by atoms with van der Waals surface area (Å²) in [5.74, 6) is -1.14. The van der Waals surface area contributed by atoms with Crippen molar-refractivity contribution < 1.29 is 19.1 Å². The molecule has 1 aliphatic heterocycles. The Morgan fingerprint density at radius 1 is 1.12 bits per heavy atom. The summed E-state index contributed by atoms with van der Waals surface area (Å²) in [5, 5.41) is 15.3. The van der Waals surface area contributed by atoms with E-state index >= 15 is 0 Å². The average molecular weight is 449 g/mol. The second kappa shape index (κ2) is 12.3. The lowest BCUT2D eigenvalue weighted by Crippen LogP contribution is -2.36. The second-order valence-corrected chi connectivity index (χ2v) is 7.42. The van der Waals surface area contributed by atoms with Crippen molar-refractivity contribution in [3.05, 3.63) is 65.9 Å². The lowest BCUT2D eigenvalue weighted by atomic mass is 10.1. The smallest absolute Gasteiger partial charge is 0.340 e. The molecule has 8 nitrogen and oxygen atoms in total. The minimum absolute atomic E-state index is 0.124. The van der Waals surface area contributed by atoms with Gasteiger partial charge in [0, 0.05) is 19.3 Å². The third-order valence-electron chi connectivity index (χ3n) is 5.12. The van der Waals surface area contributed by atoms with E-state index in [-0.39, 0.29) is 11.1 Å². The van der Waals surface area contributed by atoms with Gasteiger partial charge in [-0.05, 0) is 30.7 Å². The number of amides is 1. The van der Waals surface area contributed by atoms with Crippen LogP contribution in [-0.4, -0.2) is 44.8 Å². The van der Waals surface area contributed by atoms with Crippen LogP contribution in [0.1, 0.15) is 30.1 Å². The first-order valence-corrected chi connectivity index (χ1v) is 11.0. The number of benzene rings is 2. The van der Waals surface area contributed by atoms with Crippen molar-refractivity contribution in [2.24, 2.45) is 0 Å². The van der Waals surface area contributed by atoms with Crippen molar-refractivity contribution in [2.75, 3.05) is 48.4 Å². The van der Waals surface area contributed by atoms with E-state index in [4.69, 9.17) is 9.47 Å². The molecule has 1 heterocycles. The molecule has 1 amide bonds. The SMILES string of the molecule is CCCCOC(=O)c1ccccc1NC(=O)/C(C#N)=C\Nc1ccccc1N1CCOCC1. The molecule has 0 unspecified atom stereocenters. The molecular formula is C25H28N4O4. The number of morpholine rings is 1. The van der Waals surface area contributed by atoms with Gasteiger partial charge in [0.25, 0.3) is 5.91 Å². The summed E-state index contributed by atoms with van der Waals surface area (Å²) < 4.78 is 10.7. The molecule has 2 aromatic carbocycles. The molecule has 0 bridgehead atoms. The summed E-state index contributed by atoms with van der Waals surface area (Å²) >= 11 is 0. The first kappa shape index (κ1) is 23.8. The average Bonchev–Trinajstić information content (AvgIpc) is 2.85. The minimum Gasteiger partial charge on any atom is -0.462 e. The fourth-order valence-corrected chi connectivity index (χ4v) is 3.32. The molecule has 0 radical (unpaired) electrons. The van der Waals surface area contributed by atoms with Gasteiger partial charge in [0.05, 0.1) is 42.4 Å². The van der Waals surface area contributed by atoms with Crippen LogP contribution in [-0.2, 0) is 14.3 Å². The first-order chi connectivity index (χ1) is 16.1. The molecule has 3 rings (SSSR count). The van der Waals surface area contributed by atoms with E-state index in [1.807, 2.05) is 37.3 Å². The highest BCUT2D eigenvalue weighted by molar-refractivity contribution is 6.09. The van der Waals surface area contributed by atoms with Crippen molar-refractivity contribution in [2.45, 2.75) is 19.8 Å². The van der Waals surface area contributed by atoms with Gasteiger partial charge in [-0.25, -0.2) is 4.79 Å². The zero-order valence-corrected chi connectivity index (χ0v) is 18.7. The number of carbonyl (C=O) groups is 2. The zero-order chi connectivity index (χ0) is 23.5. The van der Waals surface area contributed by atoms with Gasteiger partial charge in [0.15, 0.2) is 0 Å². The van der Waals surface area contributed by atoms with E-state index in [0.717, 1.165) is 37.3 Å².